The molecule has 0 radical (unpaired) electrons. The van der Waals surface area contributed by atoms with Gasteiger partial charge in [0.15, 0.2) is 0 Å². The van der Waals surface area contributed by atoms with Crippen molar-refractivity contribution in [2.45, 2.75) is 39.7 Å². The molecule has 0 spiro atoms. The van der Waals surface area contributed by atoms with E-state index < -0.39 is 10.5 Å². The summed E-state index contributed by atoms with van der Waals surface area (Å²) in [7, 11) is 0. The smallest absolute Gasteiger partial charge is 0.280 e. The number of benzene rings is 1. The second-order valence-electron chi connectivity index (χ2n) is 6.31. The molecule has 1 aromatic carbocycles. The van der Waals surface area contributed by atoms with Crippen LogP contribution in [0.4, 0.5) is 11.4 Å². The van der Waals surface area contributed by atoms with E-state index in [1.807, 2.05) is 13.0 Å². The molecule has 9 nitrogen and oxygen atoms in total. The minimum atomic E-state index is -0.567. The Kier molecular flexibility index (Phi) is 6.90. The van der Waals surface area contributed by atoms with Crippen molar-refractivity contribution in [3.05, 3.63) is 61.4 Å². The van der Waals surface area contributed by atoms with Gasteiger partial charge in [0, 0.05) is 36.2 Å². The summed E-state index contributed by atoms with van der Waals surface area (Å²) in [6.45, 7) is 3.70. The number of hydrogen-bond donors (Lipinski definition) is 2. The van der Waals surface area contributed by atoms with Gasteiger partial charge in [-0.15, -0.1) is 0 Å². The van der Waals surface area contributed by atoms with Gasteiger partial charge in [0.25, 0.3) is 11.2 Å². The number of nitrogens with zero attached hydrogens (tertiary/aromatic N) is 4. The molecule has 0 fully saturated rings. The van der Waals surface area contributed by atoms with E-state index in [0.717, 1.165) is 11.0 Å². The zero-order chi connectivity index (χ0) is 21.6. The lowest BCUT2D eigenvalue weighted by atomic mass is 10.1. The Morgan fingerprint density at radius 2 is 2.10 bits per heavy atom. The number of unbranched alkanes of at least 4 members (excludes halogenated alkanes) is 1. The summed E-state index contributed by atoms with van der Waals surface area (Å²) in [6.07, 6.45) is 2.95. The molecule has 0 unspecified atom stereocenters. The molecule has 0 aliphatic heterocycles. The highest BCUT2D eigenvalue weighted by atomic mass is 16.6. The minimum absolute atomic E-state index is 0.0185. The fourth-order valence-electron chi connectivity index (χ4n) is 2.71. The van der Waals surface area contributed by atoms with E-state index in [-0.39, 0.29) is 47.1 Å². The van der Waals surface area contributed by atoms with E-state index in [2.05, 4.69) is 10.9 Å². The minimum Gasteiger partial charge on any atom is -0.508 e. The Morgan fingerprint density at radius 1 is 1.38 bits per heavy atom. The van der Waals surface area contributed by atoms with Crippen molar-refractivity contribution >= 4 is 17.2 Å². The highest BCUT2D eigenvalue weighted by Gasteiger charge is 2.18. The number of phenols is 1. The molecule has 1 aromatic heterocycles. The number of aliphatic imine (C=N–C) groups is 1. The van der Waals surface area contributed by atoms with E-state index in [1.54, 1.807) is 0 Å². The first-order chi connectivity index (χ1) is 13.8. The highest BCUT2D eigenvalue weighted by Crippen LogP contribution is 2.26. The number of phenolic OH excluding ortho intramolecular Hbond substituents is 1. The van der Waals surface area contributed by atoms with E-state index in [1.165, 1.54) is 31.2 Å². The van der Waals surface area contributed by atoms with Crippen molar-refractivity contribution in [1.82, 2.24) is 4.57 Å². The van der Waals surface area contributed by atoms with Gasteiger partial charge < -0.3 is 10.2 Å². The molecule has 0 saturated heterocycles. The second kappa shape index (κ2) is 9.35. The summed E-state index contributed by atoms with van der Waals surface area (Å²) in [5, 5.41) is 40.2. The van der Waals surface area contributed by atoms with Crippen LogP contribution in [0.1, 0.15) is 36.5 Å². The molecule has 0 atom stereocenters. The van der Waals surface area contributed by atoms with Crippen molar-refractivity contribution in [3.63, 3.8) is 0 Å². The van der Waals surface area contributed by atoms with Gasteiger partial charge in [-0.1, -0.05) is 13.3 Å². The molecule has 29 heavy (non-hydrogen) atoms. The molecule has 150 valence electrons. The average Bonchev–Trinajstić information content (AvgIpc) is 2.68. The summed E-state index contributed by atoms with van der Waals surface area (Å²) in [6, 6.07) is 5.55. The fourth-order valence-corrected chi connectivity index (χ4v) is 2.71. The average molecular weight is 396 g/mol. The molecule has 0 saturated carbocycles. The molecular formula is C20H20N4O5. The summed E-state index contributed by atoms with van der Waals surface area (Å²) in [5.74, 6) is 2.09. The van der Waals surface area contributed by atoms with Gasteiger partial charge in [-0.3, -0.25) is 19.5 Å². The van der Waals surface area contributed by atoms with Crippen LogP contribution in [0.25, 0.3) is 0 Å². The van der Waals surface area contributed by atoms with Gasteiger partial charge in [-0.25, -0.2) is 4.99 Å². The molecule has 1 heterocycles. The SMILES string of the molecule is CCCCn1c(O)c(C#N)c(C)c(N=C=CCc2cc([N+](=O)[O-])ccc2O)c1=O. The third kappa shape index (κ3) is 4.69. The third-order valence-corrected chi connectivity index (χ3v) is 4.37. The first-order valence-electron chi connectivity index (χ1n) is 8.92. The predicted octanol–water partition coefficient (Wildman–Crippen LogP) is 3.25. The van der Waals surface area contributed by atoms with E-state index in [4.69, 9.17) is 0 Å². The van der Waals surface area contributed by atoms with E-state index >= 15 is 0 Å². The van der Waals surface area contributed by atoms with Gasteiger partial charge in [0.1, 0.15) is 23.1 Å². The summed E-state index contributed by atoms with van der Waals surface area (Å²) in [4.78, 5) is 26.9. The van der Waals surface area contributed by atoms with Crippen LogP contribution < -0.4 is 5.56 Å². The number of aromatic nitrogens is 1. The van der Waals surface area contributed by atoms with Crippen LogP contribution in [0.15, 0.2) is 34.1 Å². The Bertz CT molecular complexity index is 1110. The molecule has 0 amide bonds. The number of non-ortho nitro benzene ring substituents is 1. The Hall–Kier alpha value is -3.89. The van der Waals surface area contributed by atoms with Crippen molar-refractivity contribution in [3.8, 4) is 17.7 Å². The zero-order valence-electron chi connectivity index (χ0n) is 16.0. The van der Waals surface area contributed by atoms with Crippen LogP contribution in [0.3, 0.4) is 0 Å². The first-order valence-corrected chi connectivity index (χ1v) is 8.92. The Balaban J connectivity index is 2.42. The van der Waals surface area contributed by atoms with Crippen molar-refractivity contribution in [2.24, 2.45) is 4.99 Å². The van der Waals surface area contributed by atoms with Crippen LogP contribution in [0.2, 0.25) is 0 Å². The molecular weight excluding hydrogens is 376 g/mol. The van der Waals surface area contributed by atoms with Gasteiger partial charge in [0.2, 0.25) is 5.88 Å². The molecule has 0 bridgehead atoms. The lowest BCUT2D eigenvalue weighted by molar-refractivity contribution is -0.384. The lowest BCUT2D eigenvalue weighted by Gasteiger charge is -2.12. The monoisotopic (exact) mass is 396 g/mol. The van der Waals surface area contributed by atoms with Crippen molar-refractivity contribution in [2.75, 3.05) is 0 Å². The maximum Gasteiger partial charge on any atom is 0.280 e. The highest BCUT2D eigenvalue weighted by molar-refractivity contribution is 5.64. The van der Waals surface area contributed by atoms with Crippen molar-refractivity contribution in [1.29, 1.82) is 5.26 Å². The summed E-state index contributed by atoms with van der Waals surface area (Å²) < 4.78 is 1.11. The van der Waals surface area contributed by atoms with Gasteiger partial charge >= 0.3 is 0 Å². The van der Waals surface area contributed by atoms with Gasteiger partial charge in [-0.05, 0) is 31.4 Å². The van der Waals surface area contributed by atoms with Gasteiger partial charge in [0.05, 0.1) is 4.92 Å². The third-order valence-electron chi connectivity index (χ3n) is 4.37. The number of hydrogen-bond acceptors (Lipinski definition) is 7. The number of allylic oxidation sites excluding steroid dienone is 1. The second-order valence-corrected chi connectivity index (χ2v) is 6.31. The maximum absolute atomic E-state index is 12.7. The van der Waals surface area contributed by atoms with Gasteiger partial charge in [-0.2, -0.15) is 5.26 Å². The molecule has 2 aromatic rings. The molecule has 0 aliphatic carbocycles. The summed E-state index contributed by atoms with van der Waals surface area (Å²) >= 11 is 0. The number of rotatable bonds is 7. The number of aromatic hydroxyl groups is 2. The quantitative estimate of drug-likeness (QED) is 0.418. The van der Waals surface area contributed by atoms with E-state index in [0.29, 0.717) is 12.0 Å². The van der Waals surface area contributed by atoms with Crippen molar-refractivity contribution < 1.29 is 15.1 Å². The summed E-state index contributed by atoms with van der Waals surface area (Å²) in [5.41, 5.74) is -0.196. The first kappa shape index (κ1) is 21.4. The Labute approximate surface area is 166 Å². The number of nitriles is 1. The van der Waals surface area contributed by atoms with Crippen LogP contribution in [-0.2, 0) is 13.0 Å². The Morgan fingerprint density at radius 3 is 2.72 bits per heavy atom. The fraction of sp³-hybridized carbons (Fsp3) is 0.300. The van der Waals surface area contributed by atoms with Crippen LogP contribution in [0, 0.1) is 28.4 Å². The lowest BCUT2D eigenvalue weighted by Crippen LogP contribution is -2.22. The number of pyridine rings is 1. The molecule has 2 rings (SSSR count). The molecule has 9 heteroatoms. The zero-order valence-corrected chi connectivity index (χ0v) is 16.0. The normalized spacial score (nSPS) is 10.1. The van der Waals surface area contributed by atoms with Crippen LogP contribution in [-0.4, -0.2) is 25.6 Å². The predicted molar refractivity (Wildman–Crippen MR) is 107 cm³/mol. The van der Waals surface area contributed by atoms with Crippen LogP contribution in [0.5, 0.6) is 11.6 Å². The number of nitro benzene ring substituents is 1. The largest absolute Gasteiger partial charge is 0.508 e. The van der Waals surface area contributed by atoms with E-state index in [9.17, 15) is 30.4 Å². The standard InChI is InChI=1S/C20H20N4O5/c1-3-4-10-23-19(26)16(12-21)13(2)18(20(23)27)22-9-5-6-14-11-15(24(28)29)7-8-17(14)25/h5,7-8,11,25-26H,3-4,6,10H2,1-2H3. The van der Waals surface area contributed by atoms with Crippen LogP contribution >= 0.6 is 0 Å². The number of nitro groups is 1. The molecule has 2 N–H and O–H groups in total. The topological polar surface area (TPSA) is 142 Å². The molecule has 0 aliphatic rings. The maximum atomic E-state index is 12.7.